The van der Waals surface area contributed by atoms with Crippen molar-refractivity contribution >= 4 is 0 Å². The van der Waals surface area contributed by atoms with Crippen molar-refractivity contribution in [3.8, 4) is 0 Å². The van der Waals surface area contributed by atoms with Gasteiger partial charge in [-0.3, -0.25) is 0 Å². The minimum atomic E-state index is -2.40. The summed E-state index contributed by atoms with van der Waals surface area (Å²) < 4.78 is 26.0. The summed E-state index contributed by atoms with van der Waals surface area (Å²) in [7, 11) is 0. The van der Waals surface area contributed by atoms with Crippen LogP contribution in [0.15, 0.2) is 0 Å². The Hall–Kier alpha value is -0.180. The molecule has 0 aromatic heterocycles. The lowest BCUT2D eigenvalue weighted by Crippen LogP contribution is -2.42. The van der Waals surface area contributed by atoms with E-state index in [4.69, 9.17) is 0 Å². The molecular formula is C13H23F2N. The summed E-state index contributed by atoms with van der Waals surface area (Å²) in [6.07, 6.45) is 3.99. The first-order valence-corrected chi connectivity index (χ1v) is 6.51. The van der Waals surface area contributed by atoms with Crippen molar-refractivity contribution in [1.82, 2.24) is 4.90 Å². The Labute approximate surface area is 97.2 Å². The van der Waals surface area contributed by atoms with Crippen LogP contribution in [-0.4, -0.2) is 30.5 Å². The van der Waals surface area contributed by atoms with Crippen molar-refractivity contribution < 1.29 is 8.78 Å². The SMILES string of the molecule is CC(C)CC1(CN2CCC(F)(F)CC2)CC1. The van der Waals surface area contributed by atoms with Gasteiger partial charge in [0.2, 0.25) is 0 Å². The molecule has 0 atom stereocenters. The summed E-state index contributed by atoms with van der Waals surface area (Å²) in [6.45, 7) is 6.75. The molecule has 0 aromatic carbocycles. The number of halogens is 2. The van der Waals surface area contributed by atoms with Crippen molar-refractivity contribution in [3.05, 3.63) is 0 Å². The quantitative estimate of drug-likeness (QED) is 0.715. The number of nitrogens with zero attached hydrogens (tertiary/aromatic N) is 1. The highest BCUT2D eigenvalue weighted by Crippen LogP contribution is 2.51. The third kappa shape index (κ3) is 3.16. The van der Waals surface area contributed by atoms with Gasteiger partial charge in [-0.15, -0.1) is 0 Å². The van der Waals surface area contributed by atoms with E-state index in [1.54, 1.807) is 0 Å². The second-order valence-electron chi connectivity index (χ2n) is 6.23. The number of hydrogen-bond acceptors (Lipinski definition) is 1. The molecule has 0 aromatic rings. The maximum absolute atomic E-state index is 13.0. The van der Waals surface area contributed by atoms with Crippen LogP contribution in [0.3, 0.4) is 0 Å². The zero-order valence-electron chi connectivity index (χ0n) is 10.4. The molecule has 2 aliphatic rings. The summed E-state index contributed by atoms with van der Waals surface area (Å²) in [5.74, 6) is -1.67. The van der Waals surface area contributed by atoms with Crippen LogP contribution in [0.5, 0.6) is 0 Å². The summed E-state index contributed by atoms with van der Waals surface area (Å²) in [5, 5.41) is 0. The van der Waals surface area contributed by atoms with Crippen LogP contribution >= 0.6 is 0 Å². The van der Waals surface area contributed by atoms with E-state index in [1.165, 1.54) is 19.3 Å². The highest BCUT2D eigenvalue weighted by Gasteiger charge is 2.45. The van der Waals surface area contributed by atoms with Gasteiger partial charge in [0.05, 0.1) is 0 Å². The molecule has 2 rings (SSSR count). The van der Waals surface area contributed by atoms with Gasteiger partial charge in [0.1, 0.15) is 0 Å². The van der Waals surface area contributed by atoms with Crippen molar-refractivity contribution in [2.75, 3.05) is 19.6 Å². The Morgan fingerprint density at radius 3 is 2.06 bits per heavy atom. The lowest BCUT2D eigenvalue weighted by atomic mass is 9.93. The van der Waals surface area contributed by atoms with E-state index < -0.39 is 5.92 Å². The number of rotatable bonds is 4. The maximum Gasteiger partial charge on any atom is 0.250 e. The topological polar surface area (TPSA) is 3.24 Å². The number of piperidine rings is 1. The molecule has 1 aliphatic heterocycles. The highest BCUT2D eigenvalue weighted by atomic mass is 19.3. The van der Waals surface area contributed by atoms with E-state index in [1.807, 2.05) is 0 Å². The minimum absolute atomic E-state index is 0.0603. The van der Waals surface area contributed by atoms with Gasteiger partial charge in [0.15, 0.2) is 0 Å². The van der Waals surface area contributed by atoms with Crippen LogP contribution in [0, 0.1) is 11.3 Å². The fourth-order valence-electron chi connectivity index (χ4n) is 2.98. The monoisotopic (exact) mass is 231 g/mol. The molecule has 0 radical (unpaired) electrons. The predicted octanol–water partition coefficient (Wildman–Crippen LogP) is 3.54. The maximum atomic E-state index is 13.0. The lowest BCUT2D eigenvalue weighted by Gasteiger charge is -2.34. The second kappa shape index (κ2) is 4.25. The van der Waals surface area contributed by atoms with Gasteiger partial charge in [-0.1, -0.05) is 13.8 Å². The molecule has 1 aliphatic carbocycles. The molecule has 1 nitrogen and oxygen atoms in total. The second-order valence-corrected chi connectivity index (χ2v) is 6.23. The summed E-state index contributed by atoms with van der Waals surface area (Å²) in [4.78, 5) is 2.26. The fraction of sp³-hybridized carbons (Fsp3) is 1.00. The normalized spacial score (nSPS) is 28.3. The van der Waals surface area contributed by atoms with Gasteiger partial charge >= 0.3 is 0 Å². The molecule has 0 unspecified atom stereocenters. The molecular weight excluding hydrogens is 208 g/mol. The first-order chi connectivity index (χ1) is 7.41. The Bertz CT molecular complexity index is 236. The van der Waals surface area contributed by atoms with E-state index in [-0.39, 0.29) is 12.8 Å². The summed E-state index contributed by atoms with van der Waals surface area (Å²) in [6, 6.07) is 0. The largest absolute Gasteiger partial charge is 0.302 e. The predicted molar refractivity (Wildman–Crippen MR) is 61.7 cm³/mol. The molecule has 1 saturated heterocycles. The average molecular weight is 231 g/mol. The molecule has 2 fully saturated rings. The van der Waals surface area contributed by atoms with Crippen LogP contribution in [0.4, 0.5) is 8.78 Å². The Kier molecular flexibility index (Phi) is 3.26. The third-order valence-corrected chi connectivity index (χ3v) is 3.94. The van der Waals surface area contributed by atoms with Crippen molar-refractivity contribution in [1.29, 1.82) is 0 Å². The molecule has 0 bridgehead atoms. The van der Waals surface area contributed by atoms with Crippen molar-refractivity contribution in [3.63, 3.8) is 0 Å². The Morgan fingerprint density at radius 2 is 1.62 bits per heavy atom. The van der Waals surface area contributed by atoms with Gasteiger partial charge in [0, 0.05) is 32.5 Å². The number of likely N-dealkylation sites (tertiary alicyclic amines) is 1. The van der Waals surface area contributed by atoms with Gasteiger partial charge in [-0.05, 0) is 30.6 Å². The highest BCUT2D eigenvalue weighted by molar-refractivity contribution is 4.97. The minimum Gasteiger partial charge on any atom is -0.302 e. The molecule has 1 saturated carbocycles. The van der Waals surface area contributed by atoms with E-state index in [9.17, 15) is 8.78 Å². The first-order valence-electron chi connectivity index (χ1n) is 6.51. The standard InChI is InChI=1S/C13H23F2N/c1-11(2)9-12(3-4-12)10-16-7-5-13(14,15)6-8-16/h11H,3-10H2,1-2H3. The molecule has 94 valence electrons. The Morgan fingerprint density at radius 1 is 1.06 bits per heavy atom. The first kappa shape index (κ1) is 12.3. The summed E-state index contributed by atoms with van der Waals surface area (Å²) in [5.41, 5.74) is 0.487. The molecule has 0 amide bonds. The van der Waals surface area contributed by atoms with Gasteiger partial charge in [-0.25, -0.2) is 8.78 Å². The fourth-order valence-corrected chi connectivity index (χ4v) is 2.98. The zero-order valence-corrected chi connectivity index (χ0v) is 10.4. The van der Waals surface area contributed by atoms with Crippen molar-refractivity contribution in [2.24, 2.45) is 11.3 Å². The van der Waals surface area contributed by atoms with E-state index in [2.05, 4.69) is 18.7 Å². The van der Waals surface area contributed by atoms with Crippen LogP contribution < -0.4 is 0 Å². The molecule has 0 N–H and O–H groups in total. The van der Waals surface area contributed by atoms with Gasteiger partial charge < -0.3 is 4.90 Å². The summed E-state index contributed by atoms with van der Waals surface area (Å²) >= 11 is 0. The van der Waals surface area contributed by atoms with Crippen LogP contribution in [-0.2, 0) is 0 Å². The Balaban J connectivity index is 1.79. The molecule has 16 heavy (non-hydrogen) atoms. The number of hydrogen-bond donors (Lipinski definition) is 0. The van der Waals surface area contributed by atoms with Crippen LogP contribution in [0.1, 0.15) is 46.0 Å². The van der Waals surface area contributed by atoms with Crippen molar-refractivity contribution in [2.45, 2.75) is 51.9 Å². The van der Waals surface area contributed by atoms with Gasteiger partial charge in [0.25, 0.3) is 5.92 Å². The molecule has 1 heterocycles. The van der Waals surface area contributed by atoms with Gasteiger partial charge in [-0.2, -0.15) is 0 Å². The van der Waals surface area contributed by atoms with Crippen LogP contribution in [0.2, 0.25) is 0 Å². The van der Waals surface area contributed by atoms with Crippen LogP contribution in [0.25, 0.3) is 0 Å². The molecule has 3 heteroatoms. The van der Waals surface area contributed by atoms with E-state index in [0.29, 0.717) is 18.5 Å². The van der Waals surface area contributed by atoms with E-state index >= 15 is 0 Å². The molecule has 0 spiro atoms. The lowest BCUT2D eigenvalue weighted by molar-refractivity contribution is -0.0586. The average Bonchev–Trinajstić information content (AvgIpc) is 2.88. The van der Waals surface area contributed by atoms with E-state index in [0.717, 1.165) is 12.5 Å². The number of alkyl halides is 2. The zero-order chi connectivity index (χ0) is 11.8. The smallest absolute Gasteiger partial charge is 0.250 e. The third-order valence-electron chi connectivity index (χ3n) is 3.94.